The van der Waals surface area contributed by atoms with Gasteiger partial charge in [-0.2, -0.15) is 0 Å². The van der Waals surface area contributed by atoms with Crippen molar-refractivity contribution >= 4 is 55.7 Å². The summed E-state index contributed by atoms with van der Waals surface area (Å²) in [4.78, 5) is 4.98. The third-order valence-electron chi connectivity index (χ3n) is 12.2. The summed E-state index contributed by atoms with van der Waals surface area (Å²) >= 11 is 0. The summed E-state index contributed by atoms with van der Waals surface area (Å²) in [6.07, 6.45) is 0. The third kappa shape index (κ3) is 7.27. The lowest BCUT2D eigenvalue weighted by molar-refractivity contribution is 1.29. The molecule has 0 heterocycles. The number of anilines is 6. The van der Waals surface area contributed by atoms with Gasteiger partial charge in [-0.05, 0) is 81.4 Å². The second kappa shape index (κ2) is 17.1. The number of rotatable bonds is 10. The quantitative estimate of drug-likeness (QED) is 0.100. The van der Waals surface area contributed by atoms with Crippen LogP contribution in [0.1, 0.15) is 0 Å². The maximum absolute atomic E-state index is 2.50. The molecule has 11 aromatic rings. The molecule has 0 radical (unpaired) electrons. The molecular weight excluding hydrogens is 773 g/mol. The zero-order valence-corrected chi connectivity index (χ0v) is 35.3. The average Bonchev–Trinajstić information content (AvgIpc) is 3.38. The van der Waals surface area contributed by atoms with Crippen molar-refractivity contribution in [3.05, 3.63) is 267 Å². The van der Waals surface area contributed by atoms with Gasteiger partial charge in [0, 0.05) is 44.2 Å². The van der Waals surface area contributed by atoms with Gasteiger partial charge in [0.05, 0.1) is 17.1 Å². The van der Waals surface area contributed by atoms with Crippen molar-refractivity contribution in [2.75, 3.05) is 9.80 Å². The van der Waals surface area contributed by atoms with Crippen molar-refractivity contribution in [1.29, 1.82) is 0 Å². The number of benzene rings is 11. The molecule has 2 nitrogen and oxygen atoms in total. The van der Waals surface area contributed by atoms with Crippen molar-refractivity contribution < 1.29 is 0 Å². The van der Waals surface area contributed by atoms with Gasteiger partial charge < -0.3 is 9.80 Å². The molecule has 0 atom stereocenters. The van der Waals surface area contributed by atoms with Crippen LogP contribution in [0.15, 0.2) is 267 Å². The van der Waals surface area contributed by atoms with E-state index in [1.807, 2.05) is 0 Å². The smallest absolute Gasteiger partial charge is 0.0620 e. The highest BCUT2D eigenvalue weighted by Gasteiger charge is 2.27. The van der Waals surface area contributed by atoms with Gasteiger partial charge in [0.25, 0.3) is 0 Å². The molecule has 0 fully saturated rings. The molecule has 0 saturated carbocycles. The summed E-state index contributed by atoms with van der Waals surface area (Å²) in [5.41, 5.74) is 15.9. The lowest BCUT2D eigenvalue weighted by Gasteiger charge is -2.34. The SMILES string of the molecule is c1ccc(-c2cccc(N(c3cccc(-c4ccccc4)c3)c3c4ccccc4c(N(c4cccc(-c5ccccc5)c4)c4ccccc4-c4ccccc4)c4ccccc34)c2)cc1. The first-order valence-corrected chi connectivity index (χ1v) is 21.9. The van der Waals surface area contributed by atoms with Gasteiger partial charge in [0.15, 0.2) is 0 Å². The van der Waals surface area contributed by atoms with E-state index in [0.717, 1.165) is 83.5 Å². The first-order valence-electron chi connectivity index (χ1n) is 21.9. The molecule has 302 valence electrons. The molecule has 64 heavy (non-hydrogen) atoms. The third-order valence-corrected chi connectivity index (χ3v) is 12.2. The lowest BCUT2D eigenvalue weighted by atomic mass is 9.93. The van der Waals surface area contributed by atoms with E-state index in [1.54, 1.807) is 0 Å². The Balaban J connectivity index is 1.22. The molecule has 0 N–H and O–H groups in total. The van der Waals surface area contributed by atoms with E-state index in [0.29, 0.717) is 0 Å². The van der Waals surface area contributed by atoms with Gasteiger partial charge in [-0.15, -0.1) is 0 Å². The van der Waals surface area contributed by atoms with Crippen molar-refractivity contribution in [3.63, 3.8) is 0 Å². The molecule has 0 aliphatic rings. The minimum absolute atomic E-state index is 1.08. The van der Waals surface area contributed by atoms with Crippen molar-refractivity contribution in [3.8, 4) is 44.5 Å². The fourth-order valence-corrected chi connectivity index (χ4v) is 9.26. The minimum Gasteiger partial charge on any atom is -0.309 e. The Kier molecular flexibility index (Phi) is 10.3. The van der Waals surface area contributed by atoms with Gasteiger partial charge in [0.2, 0.25) is 0 Å². The normalized spacial score (nSPS) is 11.1. The predicted octanol–water partition coefficient (Wildman–Crippen LogP) is 17.6. The molecule has 0 spiro atoms. The van der Waals surface area contributed by atoms with Crippen LogP contribution in [0.4, 0.5) is 34.1 Å². The Labute approximate surface area is 375 Å². The molecule has 11 rings (SSSR count). The number of para-hydroxylation sites is 1. The van der Waals surface area contributed by atoms with Crippen molar-refractivity contribution in [2.24, 2.45) is 0 Å². The van der Waals surface area contributed by atoms with E-state index in [1.165, 1.54) is 16.7 Å². The van der Waals surface area contributed by atoms with Crippen LogP contribution in [0.3, 0.4) is 0 Å². The number of hydrogen-bond donors (Lipinski definition) is 0. The van der Waals surface area contributed by atoms with Crippen LogP contribution in [0.5, 0.6) is 0 Å². The molecule has 0 aromatic heterocycles. The van der Waals surface area contributed by atoms with E-state index in [4.69, 9.17) is 0 Å². The van der Waals surface area contributed by atoms with Crippen LogP contribution in [0.25, 0.3) is 66.1 Å². The standard InChI is InChI=1S/C62H44N2/c1-5-22-45(23-6-1)49-30-19-33-52(42-49)63(53-34-20-31-50(43-53)46-24-7-2-8-25-46)61-56-37-13-15-39-58(56)62(59-40-16-14-38-57(59)61)64(54-35-21-32-51(44-54)47-26-9-3-10-27-47)60-41-18-17-36-55(60)48-28-11-4-12-29-48/h1-44H. The molecule has 2 heteroatoms. The molecule has 0 amide bonds. The van der Waals surface area contributed by atoms with Gasteiger partial charge >= 0.3 is 0 Å². The highest BCUT2D eigenvalue weighted by atomic mass is 15.2. The van der Waals surface area contributed by atoms with Gasteiger partial charge in [-0.3, -0.25) is 0 Å². The predicted molar refractivity (Wildman–Crippen MR) is 273 cm³/mol. The second-order valence-electron chi connectivity index (χ2n) is 16.1. The maximum Gasteiger partial charge on any atom is 0.0620 e. The number of fused-ring (bicyclic) bond motifs is 2. The van der Waals surface area contributed by atoms with Gasteiger partial charge in [-0.1, -0.05) is 224 Å². The fraction of sp³-hybridized carbons (Fsp3) is 0. The summed E-state index contributed by atoms with van der Waals surface area (Å²) in [5.74, 6) is 0. The highest BCUT2D eigenvalue weighted by molar-refractivity contribution is 6.23. The second-order valence-corrected chi connectivity index (χ2v) is 16.1. The van der Waals surface area contributed by atoms with Gasteiger partial charge in [0.1, 0.15) is 0 Å². The average molecular weight is 817 g/mol. The van der Waals surface area contributed by atoms with Crippen LogP contribution in [0, 0.1) is 0 Å². The van der Waals surface area contributed by atoms with E-state index in [2.05, 4.69) is 277 Å². The topological polar surface area (TPSA) is 6.48 Å². The summed E-state index contributed by atoms with van der Waals surface area (Å²) < 4.78 is 0. The Bertz CT molecular complexity index is 3240. The van der Waals surface area contributed by atoms with Crippen LogP contribution in [-0.4, -0.2) is 0 Å². The van der Waals surface area contributed by atoms with Crippen LogP contribution in [0.2, 0.25) is 0 Å². The largest absolute Gasteiger partial charge is 0.309 e. The highest BCUT2D eigenvalue weighted by Crippen LogP contribution is 2.53. The van der Waals surface area contributed by atoms with Crippen LogP contribution < -0.4 is 9.80 Å². The van der Waals surface area contributed by atoms with E-state index in [9.17, 15) is 0 Å². The maximum atomic E-state index is 2.50. The van der Waals surface area contributed by atoms with Crippen LogP contribution in [-0.2, 0) is 0 Å². The molecule has 0 aliphatic carbocycles. The Hall–Kier alpha value is -8.46. The minimum atomic E-state index is 1.08. The fourth-order valence-electron chi connectivity index (χ4n) is 9.26. The Morgan fingerprint density at radius 2 is 0.500 bits per heavy atom. The summed E-state index contributed by atoms with van der Waals surface area (Å²) in [6.45, 7) is 0. The first kappa shape index (κ1) is 38.5. The monoisotopic (exact) mass is 816 g/mol. The molecule has 11 aromatic carbocycles. The van der Waals surface area contributed by atoms with Crippen molar-refractivity contribution in [2.45, 2.75) is 0 Å². The lowest BCUT2D eigenvalue weighted by Crippen LogP contribution is -2.15. The summed E-state index contributed by atoms with van der Waals surface area (Å²) in [6, 6.07) is 96.5. The number of hydrogen-bond acceptors (Lipinski definition) is 2. The molecule has 0 saturated heterocycles. The Morgan fingerprint density at radius 3 is 0.906 bits per heavy atom. The summed E-state index contributed by atoms with van der Waals surface area (Å²) in [7, 11) is 0. The summed E-state index contributed by atoms with van der Waals surface area (Å²) in [5, 5.41) is 4.58. The Morgan fingerprint density at radius 1 is 0.203 bits per heavy atom. The zero-order chi connectivity index (χ0) is 42.7. The van der Waals surface area contributed by atoms with E-state index < -0.39 is 0 Å². The van der Waals surface area contributed by atoms with E-state index in [-0.39, 0.29) is 0 Å². The molecule has 0 bridgehead atoms. The van der Waals surface area contributed by atoms with E-state index >= 15 is 0 Å². The first-order chi connectivity index (χ1) is 31.8. The molecule has 0 unspecified atom stereocenters. The number of nitrogens with zero attached hydrogens (tertiary/aromatic N) is 2. The molecule has 0 aliphatic heterocycles. The van der Waals surface area contributed by atoms with Gasteiger partial charge in [-0.25, -0.2) is 0 Å². The molecular formula is C62H44N2. The van der Waals surface area contributed by atoms with Crippen molar-refractivity contribution in [1.82, 2.24) is 0 Å². The zero-order valence-electron chi connectivity index (χ0n) is 35.3. The van der Waals surface area contributed by atoms with Crippen LogP contribution >= 0.6 is 0 Å².